The Morgan fingerprint density at radius 1 is 1.18 bits per heavy atom. The summed E-state index contributed by atoms with van der Waals surface area (Å²) in [5, 5.41) is 11.0. The quantitative estimate of drug-likeness (QED) is 0.383. The van der Waals surface area contributed by atoms with Gasteiger partial charge >= 0.3 is 29.6 Å². The molecule has 0 spiro atoms. The van der Waals surface area contributed by atoms with Gasteiger partial charge in [-0.25, -0.2) is 0 Å². The second kappa shape index (κ2) is 17.3. The number of rotatable bonds is 7. The van der Waals surface area contributed by atoms with Crippen molar-refractivity contribution in [3.8, 4) is 0 Å². The number of likely N-dealkylation sites (N-methyl/N-ethyl adjacent to an activating group) is 1. The Morgan fingerprint density at radius 2 is 1.85 bits per heavy atom. The maximum atomic E-state index is 5.22. The minimum Gasteiger partial charge on any atom is -0.383 e. The molecule has 0 amide bonds. The molecule has 2 aliphatic rings. The van der Waals surface area contributed by atoms with Gasteiger partial charge < -0.3 is 11.1 Å². The van der Waals surface area contributed by atoms with E-state index in [0.29, 0.717) is 6.04 Å². The fraction of sp³-hybridized carbons (Fsp3) is 0.296. The van der Waals surface area contributed by atoms with Crippen LogP contribution < -0.4 is 40.6 Å². The van der Waals surface area contributed by atoms with Gasteiger partial charge in [0.15, 0.2) is 0 Å². The minimum absolute atomic E-state index is 0. The Labute approximate surface area is 221 Å². The van der Waals surface area contributed by atoms with Gasteiger partial charge in [-0.15, -0.1) is 25.3 Å². The van der Waals surface area contributed by atoms with Crippen LogP contribution in [0.4, 0.5) is 0 Å². The first-order valence-electron chi connectivity index (χ1n) is 11.1. The number of nitrogens with zero attached hydrogens (tertiary/aromatic N) is 3. The number of nitrogens with one attached hydrogen (secondary N) is 1. The van der Waals surface area contributed by atoms with E-state index in [2.05, 4.69) is 64.9 Å². The van der Waals surface area contributed by atoms with Crippen molar-refractivity contribution in [3.63, 3.8) is 0 Å². The molecule has 5 nitrogen and oxygen atoms in total. The molecule has 3 N–H and O–H groups in total. The molecule has 1 saturated heterocycles. The normalized spacial score (nSPS) is 16.2. The van der Waals surface area contributed by atoms with Crippen LogP contribution >= 0.6 is 0 Å². The SMILES string of the molecule is C=C(NCc1ccccc1)C1CCCN1C.C=CCC1=NN=CC1.N[CH-]c1ccccc1.[Na+]. The van der Waals surface area contributed by atoms with Gasteiger partial charge in [0.2, 0.25) is 0 Å². The summed E-state index contributed by atoms with van der Waals surface area (Å²) in [7, 11) is 2.17. The average Bonchev–Trinajstić information content (AvgIpc) is 3.52. The molecule has 0 saturated carbocycles. The van der Waals surface area contributed by atoms with E-state index in [0.717, 1.165) is 36.4 Å². The van der Waals surface area contributed by atoms with E-state index in [9.17, 15) is 0 Å². The van der Waals surface area contributed by atoms with Crippen molar-refractivity contribution in [2.24, 2.45) is 15.9 Å². The van der Waals surface area contributed by atoms with Gasteiger partial charge in [0.05, 0.1) is 0 Å². The van der Waals surface area contributed by atoms with Crippen molar-refractivity contribution in [3.05, 3.63) is 103 Å². The van der Waals surface area contributed by atoms with E-state index in [1.807, 2.05) is 42.5 Å². The van der Waals surface area contributed by atoms with E-state index in [1.54, 1.807) is 12.8 Å². The number of nitrogens with two attached hydrogens (primary N) is 1. The number of allylic oxidation sites excluding steroid dienone is 1. The Hall–Kier alpha value is -2.15. The molecule has 1 unspecified atom stereocenters. The molecular weight excluding hydrogens is 417 g/mol. The maximum Gasteiger partial charge on any atom is 1.00 e. The Bertz CT molecular complexity index is 865. The van der Waals surface area contributed by atoms with Crippen LogP contribution in [0.5, 0.6) is 0 Å². The van der Waals surface area contributed by atoms with E-state index < -0.39 is 0 Å². The Balaban J connectivity index is 0.000000271. The van der Waals surface area contributed by atoms with Crippen LogP contribution in [-0.2, 0) is 6.54 Å². The maximum absolute atomic E-state index is 5.22. The van der Waals surface area contributed by atoms with Crippen molar-refractivity contribution in [2.45, 2.75) is 38.3 Å². The van der Waals surface area contributed by atoms with Gasteiger partial charge in [-0.2, -0.15) is 27.9 Å². The number of benzene rings is 2. The summed E-state index contributed by atoms with van der Waals surface area (Å²) in [6.45, 7) is 11.4. The summed E-state index contributed by atoms with van der Waals surface area (Å²) < 4.78 is 0. The topological polar surface area (TPSA) is 66.0 Å². The summed E-state index contributed by atoms with van der Waals surface area (Å²) in [4.78, 5) is 2.38. The predicted molar refractivity (Wildman–Crippen MR) is 137 cm³/mol. The molecule has 2 aliphatic heterocycles. The van der Waals surface area contributed by atoms with Gasteiger partial charge in [0.25, 0.3) is 0 Å². The molecule has 0 aliphatic carbocycles. The largest absolute Gasteiger partial charge is 1.00 e. The molecule has 2 heterocycles. The standard InChI is InChI=1S/C14H20N2.C7H8N.C6H8N2.Na/c1-12(14-9-6-10-16(14)2)15-11-13-7-4-3-5-8-13;8-6-7-4-2-1-3-5-7;1-2-3-6-4-5-7-8-6;/h3-5,7-8,14-15H,1,6,9-11H2,2H3;1-6H,8H2;2,5H,1,3-4H2;/q;-1;;+1. The molecule has 0 radical (unpaired) electrons. The van der Waals surface area contributed by atoms with Crippen LogP contribution in [0, 0.1) is 6.54 Å². The van der Waals surface area contributed by atoms with Crippen molar-refractivity contribution < 1.29 is 29.6 Å². The van der Waals surface area contributed by atoms with E-state index in [1.165, 1.54) is 24.9 Å². The zero-order valence-corrected chi connectivity index (χ0v) is 22.2. The van der Waals surface area contributed by atoms with E-state index >= 15 is 0 Å². The molecule has 170 valence electrons. The zero-order chi connectivity index (χ0) is 23.0. The van der Waals surface area contributed by atoms with Gasteiger partial charge in [0.1, 0.15) is 0 Å². The fourth-order valence-electron chi connectivity index (χ4n) is 3.44. The predicted octanol–water partition coefficient (Wildman–Crippen LogP) is 1.94. The van der Waals surface area contributed by atoms with Gasteiger partial charge in [-0.3, -0.25) is 4.90 Å². The van der Waals surface area contributed by atoms with Crippen LogP contribution in [-0.4, -0.2) is 36.5 Å². The molecule has 2 aromatic carbocycles. The molecule has 2 aromatic rings. The van der Waals surface area contributed by atoms with Crippen LogP contribution in [0.25, 0.3) is 0 Å². The van der Waals surface area contributed by atoms with Gasteiger partial charge in [-0.1, -0.05) is 49.1 Å². The van der Waals surface area contributed by atoms with Crippen molar-refractivity contribution >= 4 is 11.9 Å². The van der Waals surface area contributed by atoms with Crippen LogP contribution in [0.1, 0.15) is 36.8 Å². The number of likely N-dealkylation sites (tertiary alicyclic amines) is 1. The number of hydrogen-bond acceptors (Lipinski definition) is 5. The minimum atomic E-state index is 0. The summed E-state index contributed by atoms with van der Waals surface area (Å²) in [6, 6.07) is 20.8. The average molecular weight is 454 g/mol. The molecule has 1 fully saturated rings. The second-order valence-corrected chi connectivity index (χ2v) is 7.74. The first kappa shape index (κ1) is 28.9. The first-order valence-corrected chi connectivity index (χ1v) is 11.1. The monoisotopic (exact) mass is 453 g/mol. The van der Waals surface area contributed by atoms with Crippen LogP contribution in [0.2, 0.25) is 0 Å². The molecule has 1 atom stereocenters. The molecule has 0 aromatic heterocycles. The van der Waals surface area contributed by atoms with Crippen molar-refractivity contribution in [1.29, 1.82) is 0 Å². The Morgan fingerprint density at radius 3 is 2.33 bits per heavy atom. The zero-order valence-electron chi connectivity index (χ0n) is 20.2. The first-order chi connectivity index (χ1) is 15.6. The molecule has 0 bridgehead atoms. The van der Waals surface area contributed by atoms with Crippen molar-refractivity contribution in [1.82, 2.24) is 10.2 Å². The smallest absolute Gasteiger partial charge is 0.383 e. The molecule has 6 heteroatoms. The van der Waals surface area contributed by atoms with Crippen LogP contribution in [0.3, 0.4) is 0 Å². The summed E-state index contributed by atoms with van der Waals surface area (Å²) >= 11 is 0. The summed E-state index contributed by atoms with van der Waals surface area (Å²) in [6.07, 6.45) is 7.95. The third-order valence-corrected chi connectivity index (χ3v) is 5.26. The summed E-state index contributed by atoms with van der Waals surface area (Å²) in [5.74, 6) is 0. The second-order valence-electron chi connectivity index (χ2n) is 7.74. The third-order valence-electron chi connectivity index (χ3n) is 5.26. The molecule has 4 rings (SSSR count). The van der Waals surface area contributed by atoms with E-state index in [4.69, 9.17) is 5.73 Å². The van der Waals surface area contributed by atoms with Crippen molar-refractivity contribution in [2.75, 3.05) is 13.6 Å². The molecule has 33 heavy (non-hydrogen) atoms. The number of hydrogen-bond donors (Lipinski definition) is 2. The summed E-state index contributed by atoms with van der Waals surface area (Å²) in [5.41, 5.74) is 9.86. The van der Waals surface area contributed by atoms with Gasteiger partial charge in [0, 0.05) is 43.1 Å². The fourth-order valence-corrected chi connectivity index (χ4v) is 3.44. The van der Waals surface area contributed by atoms with Gasteiger partial charge in [-0.05, 0) is 32.0 Å². The third kappa shape index (κ3) is 11.5. The van der Waals surface area contributed by atoms with Crippen LogP contribution in [0.15, 0.2) is 95.8 Å². The van der Waals surface area contributed by atoms with E-state index in [-0.39, 0.29) is 29.6 Å². The molecular formula is C27H36N5Na. The Kier molecular flexibility index (Phi) is 15.2.